The highest BCUT2D eigenvalue weighted by molar-refractivity contribution is 5.94. The molecule has 0 spiro atoms. The Kier molecular flexibility index (Phi) is 7.51. The van der Waals surface area contributed by atoms with Gasteiger partial charge in [-0.3, -0.25) is 9.78 Å². The maximum atomic E-state index is 13.1. The minimum Gasteiger partial charge on any atom is -0.337 e. The van der Waals surface area contributed by atoms with Crippen LogP contribution in [0.1, 0.15) is 41.9 Å². The summed E-state index contributed by atoms with van der Waals surface area (Å²) in [7, 11) is 0. The van der Waals surface area contributed by atoms with Crippen molar-refractivity contribution < 1.29 is 4.79 Å². The van der Waals surface area contributed by atoms with Crippen LogP contribution in [0.3, 0.4) is 0 Å². The number of hydrogen-bond acceptors (Lipinski definition) is 5. The summed E-state index contributed by atoms with van der Waals surface area (Å²) >= 11 is 0. The van der Waals surface area contributed by atoms with E-state index >= 15 is 0 Å². The number of fused-ring (bicyclic) bond motifs is 1. The van der Waals surface area contributed by atoms with Gasteiger partial charge in [0.1, 0.15) is 0 Å². The first kappa shape index (κ1) is 23.4. The molecular formula is C22H28Cl2N6O. The molecular weight excluding hydrogens is 435 g/mol. The molecule has 3 aromatic rings. The Morgan fingerprint density at radius 2 is 1.84 bits per heavy atom. The summed E-state index contributed by atoms with van der Waals surface area (Å²) in [5.74, 6) is 0.860. The van der Waals surface area contributed by atoms with E-state index < -0.39 is 0 Å². The van der Waals surface area contributed by atoms with Crippen molar-refractivity contribution in [2.24, 2.45) is 5.92 Å². The number of halogens is 2. The highest BCUT2D eigenvalue weighted by Crippen LogP contribution is 2.28. The van der Waals surface area contributed by atoms with Gasteiger partial charge < -0.3 is 10.2 Å². The number of piperidine rings is 1. The van der Waals surface area contributed by atoms with Crippen LogP contribution >= 0.6 is 24.8 Å². The maximum absolute atomic E-state index is 13.1. The van der Waals surface area contributed by atoms with E-state index in [-0.39, 0.29) is 30.7 Å². The molecule has 1 amide bonds. The molecule has 1 saturated carbocycles. The molecule has 3 heterocycles. The van der Waals surface area contributed by atoms with Gasteiger partial charge in [0.25, 0.3) is 5.91 Å². The van der Waals surface area contributed by atoms with Crippen LogP contribution in [0.25, 0.3) is 16.6 Å². The summed E-state index contributed by atoms with van der Waals surface area (Å²) in [4.78, 5) is 19.5. The number of pyridine rings is 1. The van der Waals surface area contributed by atoms with Gasteiger partial charge in [0.2, 0.25) is 0 Å². The second-order valence-corrected chi connectivity index (χ2v) is 8.21. The van der Waals surface area contributed by atoms with Gasteiger partial charge in [0, 0.05) is 30.7 Å². The van der Waals surface area contributed by atoms with E-state index in [1.54, 1.807) is 10.9 Å². The number of amides is 1. The fourth-order valence-corrected chi connectivity index (χ4v) is 4.11. The first-order valence-electron chi connectivity index (χ1n) is 10.5. The molecule has 1 aliphatic heterocycles. The summed E-state index contributed by atoms with van der Waals surface area (Å²) in [6, 6.07) is 10.4. The number of aromatic nitrogens is 4. The van der Waals surface area contributed by atoms with E-state index in [1.807, 2.05) is 42.2 Å². The van der Waals surface area contributed by atoms with E-state index in [2.05, 4.69) is 20.6 Å². The number of nitrogens with one attached hydrogen (secondary N) is 1. The van der Waals surface area contributed by atoms with Crippen molar-refractivity contribution >= 4 is 41.6 Å². The molecule has 1 saturated heterocycles. The normalized spacial score (nSPS) is 16.6. The fraction of sp³-hybridized carbons (Fsp3) is 0.455. The van der Waals surface area contributed by atoms with Crippen LogP contribution in [0, 0.1) is 12.8 Å². The van der Waals surface area contributed by atoms with Gasteiger partial charge >= 0.3 is 0 Å². The number of para-hydroxylation sites is 1. The van der Waals surface area contributed by atoms with Gasteiger partial charge in [-0.15, -0.1) is 29.9 Å². The number of hydrogen-bond donors (Lipinski definition) is 1. The first-order valence-corrected chi connectivity index (χ1v) is 10.5. The molecule has 2 aliphatic rings. The number of rotatable bonds is 5. The van der Waals surface area contributed by atoms with Crippen molar-refractivity contribution in [1.82, 2.24) is 30.2 Å². The molecule has 31 heavy (non-hydrogen) atoms. The van der Waals surface area contributed by atoms with Gasteiger partial charge in [0.15, 0.2) is 5.69 Å². The van der Waals surface area contributed by atoms with E-state index in [9.17, 15) is 4.79 Å². The molecule has 1 aliphatic carbocycles. The summed E-state index contributed by atoms with van der Waals surface area (Å²) < 4.78 is 1.73. The highest BCUT2D eigenvalue weighted by atomic mass is 35.5. The zero-order valence-electron chi connectivity index (χ0n) is 17.5. The Balaban J connectivity index is 0.00000136. The van der Waals surface area contributed by atoms with Crippen LogP contribution in [0.2, 0.25) is 0 Å². The predicted octanol–water partition coefficient (Wildman–Crippen LogP) is 3.57. The van der Waals surface area contributed by atoms with Crippen molar-refractivity contribution in [2.75, 3.05) is 19.6 Å². The lowest BCUT2D eigenvalue weighted by molar-refractivity contribution is 0.0698. The zero-order chi connectivity index (χ0) is 19.8. The zero-order valence-corrected chi connectivity index (χ0v) is 19.2. The molecule has 0 bridgehead atoms. The number of likely N-dealkylation sites (tertiary alicyclic amines) is 1. The van der Waals surface area contributed by atoms with Crippen LogP contribution in [0.15, 0.2) is 36.5 Å². The molecule has 1 N–H and O–H groups in total. The lowest BCUT2D eigenvalue weighted by atomic mass is 10.0. The SMILES string of the molecule is Cc1c(C(=O)N2CCC(NCC3CC3)CC2)nnn1-c1cccc2cccnc12.Cl.Cl. The van der Waals surface area contributed by atoms with E-state index in [0.29, 0.717) is 11.7 Å². The second-order valence-electron chi connectivity index (χ2n) is 8.21. The quantitative estimate of drug-likeness (QED) is 0.626. The third-order valence-electron chi connectivity index (χ3n) is 6.11. The summed E-state index contributed by atoms with van der Waals surface area (Å²) in [5.41, 5.74) is 2.88. The topological polar surface area (TPSA) is 75.9 Å². The Labute approximate surface area is 194 Å². The number of benzene rings is 1. The third-order valence-corrected chi connectivity index (χ3v) is 6.11. The van der Waals surface area contributed by atoms with Crippen molar-refractivity contribution in [1.29, 1.82) is 0 Å². The molecule has 2 fully saturated rings. The maximum Gasteiger partial charge on any atom is 0.276 e. The van der Waals surface area contributed by atoms with Crippen LogP contribution in [0.4, 0.5) is 0 Å². The first-order chi connectivity index (χ1) is 14.2. The Bertz CT molecular complexity index is 1040. The average molecular weight is 463 g/mol. The van der Waals surface area contributed by atoms with Crippen LogP contribution in [-0.4, -0.2) is 56.5 Å². The predicted molar refractivity (Wildman–Crippen MR) is 126 cm³/mol. The monoisotopic (exact) mass is 462 g/mol. The van der Waals surface area contributed by atoms with Crippen LogP contribution in [-0.2, 0) is 0 Å². The van der Waals surface area contributed by atoms with Gasteiger partial charge in [-0.25, -0.2) is 4.68 Å². The molecule has 7 nitrogen and oxygen atoms in total. The molecule has 5 rings (SSSR count). The van der Waals surface area contributed by atoms with Crippen molar-refractivity contribution in [3.63, 3.8) is 0 Å². The number of nitrogens with zero attached hydrogens (tertiary/aromatic N) is 5. The van der Waals surface area contributed by atoms with Gasteiger partial charge in [-0.1, -0.05) is 23.4 Å². The molecule has 166 valence electrons. The molecule has 2 aromatic heterocycles. The lowest BCUT2D eigenvalue weighted by Gasteiger charge is -2.32. The third kappa shape index (κ3) is 4.84. The van der Waals surface area contributed by atoms with E-state index in [4.69, 9.17) is 0 Å². The summed E-state index contributed by atoms with van der Waals surface area (Å²) in [6.45, 7) is 4.57. The smallest absolute Gasteiger partial charge is 0.276 e. The number of carbonyl (C=O) groups is 1. The highest BCUT2D eigenvalue weighted by Gasteiger charge is 2.29. The molecule has 9 heteroatoms. The van der Waals surface area contributed by atoms with Gasteiger partial charge in [-0.2, -0.15) is 0 Å². The van der Waals surface area contributed by atoms with Crippen LogP contribution in [0.5, 0.6) is 0 Å². The average Bonchev–Trinajstić information content (AvgIpc) is 3.52. The molecule has 0 unspecified atom stereocenters. The van der Waals surface area contributed by atoms with E-state index in [0.717, 1.165) is 60.7 Å². The Hall–Kier alpha value is -2.22. The van der Waals surface area contributed by atoms with Gasteiger partial charge in [0.05, 0.1) is 16.9 Å². The van der Waals surface area contributed by atoms with Crippen molar-refractivity contribution in [2.45, 2.75) is 38.6 Å². The summed E-state index contributed by atoms with van der Waals surface area (Å²) in [6.07, 6.45) is 6.50. The van der Waals surface area contributed by atoms with Crippen molar-refractivity contribution in [3.8, 4) is 5.69 Å². The molecule has 0 radical (unpaired) electrons. The lowest BCUT2D eigenvalue weighted by Crippen LogP contribution is -2.45. The fourth-order valence-electron chi connectivity index (χ4n) is 4.11. The van der Waals surface area contributed by atoms with Crippen LogP contribution < -0.4 is 5.32 Å². The Morgan fingerprint density at radius 1 is 1.10 bits per heavy atom. The Morgan fingerprint density at radius 3 is 2.58 bits per heavy atom. The molecule has 0 atom stereocenters. The molecule has 1 aromatic carbocycles. The van der Waals surface area contributed by atoms with Gasteiger partial charge in [-0.05, 0) is 57.2 Å². The minimum absolute atomic E-state index is 0. The minimum atomic E-state index is -0.0254. The standard InChI is InChI=1S/C22H26N6O.2ClH/c1-15-20(22(29)27-12-9-18(10-13-27)24-14-16-7-8-16)25-26-28(15)19-6-2-4-17-5-3-11-23-21(17)19;;/h2-6,11,16,18,24H,7-10,12-14H2,1H3;2*1H. The van der Waals surface area contributed by atoms with Crippen molar-refractivity contribution in [3.05, 3.63) is 47.9 Å². The largest absolute Gasteiger partial charge is 0.337 e. The number of carbonyl (C=O) groups excluding carboxylic acids is 1. The van der Waals surface area contributed by atoms with E-state index in [1.165, 1.54) is 12.8 Å². The summed E-state index contributed by atoms with van der Waals surface area (Å²) in [5, 5.41) is 13.2. The second kappa shape index (κ2) is 9.94.